The van der Waals surface area contributed by atoms with Crippen LogP contribution >= 0.6 is 0 Å². The first-order valence-corrected chi connectivity index (χ1v) is 30.0. The van der Waals surface area contributed by atoms with Crippen molar-refractivity contribution in [3.8, 4) is 50.2 Å². The Balaban J connectivity index is 0.781. The molecular weight excluding hydrogens is 1040 g/mol. The molecule has 0 aliphatic heterocycles. The monoisotopic (exact) mass is 1100 g/mol. The summed E-state index contributed by atoms with van der Waals surface area (Å²) >= 11 is 0. The SMILES string of the molecule is CC(C)(C)c1ccc(N(c2ccc(C3(c4ccccc4)c4ccccc4-c4ccccc43)cc2)c2ccc(C3(c4ccc(-c5cncc(-c6ccc(-n7c8ccccc8c8ccccc87)cc6)c5)cc4)c4ccccc4-c4ccccc43)cc2)cc1. The van der Waals surface area contributed by atoms with Crippen molar-refractivity contribution in [1.82, 2.24) is 9.55 Å². The first-order chi connectivity index (χ1) is 42.3. The lowest BCUT2D eigenvalue weighted by Crippen LogP contribution is -2.28. The predicted molar refractivity (Wildman–Crippen MR) is 357 cm³/mol. The molecule has 0 atom stereocenters. The van der Waals surface area contributed by atoms with E-state index in [0.29, 0.717) is 0 Å². The second kappa shape index (κ2) is 20.0. The number of pyridine rings is 1. The zero-order chi connectivity index (χ0) is 57.6. The van der Waals surface area contributed by atoms with Crippen molar-refractivity contribution in [2.45, 2.75) is 37.0 Å². The van der Waals surface area contributed by atoms with Gasteiger partial charge in [0.15, 0.2) is 0 Å². The summed E-state index contributed by atoms with van der Waals surface area (Å²) < 4.78 is 2.37. The fraction of sp³-hybridized carbons (Fsp3) is 0.0723. The van der Waals surface area contributed by atoms with Crippen LogP contribution in [0.5, 0.6) is 0 Å². The lowest BCUT2D eigenvalue weighted by atomic mass is 9.67. The molecule has 408 valence electrons. The molecule has 0 bridgehead atoms. The molecule has 0 radical (unpaired) electrons. The Morgan fingerprint density at radius 2 is 0.651 bits per heavy atom. The number of nitrogens with zero attached hydrogens (tertiary/aromatic N) is 3. The van der Waals surface area contributed by atoms with Gasteiger partial charge in [0.2, 0.25) is 0 Å². The lowest BCUT2D eigenvalue weighted by Gasteiger charge is -2.35. The van der Waals surface area contributed by atoms with Crippen LogP contribution in [-0.4, -0.2) is 9.55 Å². The van der Waals surface area contributed by atoms with Crippen LogP contribution in [-0.2, 0) is 16.2 Å². The number of anilines is 3. The Hall–Kier alpha value is -10.6. The standard InChI is InChI=1S/C83H61N3/c1-81(2,3)60-39-47-65(48-40-60)85(66-49-41-63(42-50-66)82(61-19-5-4-6-20-61)75-27-13-7-21-69(75)70-22-8-14-28-76(70)82)67-51-43-64(44-52-67)83(77-29-15-9-23-71(77)72-24-10-16-30-78(72)83)62-37-33-56(34-38-62)58-53-59(55-84-54-58)57-35-45-68(46-36-57)86-79-31-17-11-25-73(79)74-26-12-18-32-80(74)86/h4-55H,1-3H3. The molecule has 2 aromatic heterocycles. The van der Waals surface area contributed by atoms with Gasteiger partial charge in [0, 0.05) is 57.0 Å². The van der Waals surface area contributed by atoms with Crippen LogP contribution in [0.2, 0.25) is 0 Å². The molecule has 3 nitrogen and oxygen atoms in total. The first kappa shape index (κ1) is 51.1. The van der Waals surface area contributed by atoms with E-state index in [1.165, 1.54) is 94.1 Å². The Kier molecular flexibility index (Phi) is 11.9. The van der Waals surface area contributed by atoms with Crippen molar-refractivity contribution in [1.29, 1.82) is 0 Å². The van der Waals surface area contributed by atoms with Crippen molar-refractivity contribution < 1.29 is 0 Å². The summed E-state index contributed by atoms with van der Waals surface area (Å²) in [5.74, 6) is 0. The Morgan fingerprint density at radius 1 is 0.314 bits per heavy atom. The largest absolute Gasteiger partial charge is 0.311 e. The van der Waals surface area contributed by atoms with Crippen LogP contribution in [0.15, 0.2) is 316 Å². The third kappa shape index (κ3) is 7.85. The van der Waals surface area contributed by atoms with Gasteiger partial charge in [-0.3, -0.25) is 4.98 Å². The average molecular weight is 1100 g/mol. The molecule has 14 aromatic rings. The summed E-state index contributed by atoms with van der Waals surface area (Å²) in [6.07, 6.45) is 3.97. The molecule has 3 heteroatoms. The lowest BCUT2D eigenvalue weighted by molar-refractivity contribution is 0.590. The van der Waals surface area contributed by atoms with E-state index in [1.54, 1.807) is 0 Å². The Labute approximate surface area is 503 Å². The fourth-order valence-corrected chi connectivity index (χ4v) is 14.7. The van der Waals surface area contributed by atoms with Crippen LogP contribution in [0.25, 0.3) is 72.0 Å². The van der Waals surface area contributed by atoms with Gasteiger partial charge in [0.05, 0.1) is 21.9 Å². The number of hydrogen-bond acceptors (Lipinski definition) is 2. The van der Waals surface area contributed by atoms with Gasteiger partial charge in [0.25, 0.3) is 0 Å². The number of rotatable bonds is 10. The molecule has 0 saturated carbocycles. The van der Waals surface area contributed by atoms with E-state index < -0.39 is 10.8 Å². The second-order valence-electron chi connectivity index (χ2n) is 24.2. The predicted octanol–water partition coefficient (Wildman–Crippen LogP) is 21.0. The van der Waals surface area contributed by atoms with Crippen LogP contribution in [0.3, 0.4) is 0 Å². The molecule has 12 aromatic carbocycles. The minimum absolute atomic E-state index is 0.0112. The van der Waals surface area contributed by atoms with Gasteiger partial charge in [-0.1, -0.05) is 257 Å². The highest BCUT2D eigenvalue weighted by Crippen LogP contribution is 2.58. The van der Waals surface area contributed by atoms with Crippen molar-refractivity contribution >= 4 is 38.9 Å². The summed E-state index contributed by atoms with van der Waals surface area (Å²) in [6.45, 7) is 6.85. The molecular formula is C83H61N3. The van der Waals surface area contributed by atoms with Crippen LogP contribution in [0, 0.1) is 0 Å². The summed E-state index contributed by atoms with van der Waals surface area (Å²) in [6, 6.07) is 113. The number of fused-ring (bicyclic) bond motifs is 9. The van der Waals surface area contributed by atoms with Crippen molar-refractivity contribution in [3.05, 3.63) is 366 Å². The highest BCUT2D eigenvalue weighted by Gasteiger charge is 2.47. The van der Waals surface area contributed by atoms with Crippen LogP contribution < -0.4 is 4.90 Å². The summed E-state index contributed by atoms with van der Waals surface area (Å²) in [5, 5.41) is 2.52. The van der Waals surface area contributed by atoms with Crippen molar-refractivity contribution in [2.75, 3.05) is 4.90 Å². The smallest absolute Gasteiger partial charge is 0.0713 e. The highest BCUT2D eigenvalue weighted by atomic mass is 15.1. The van der Waals surface area contributed by atoms with E-state index in [9.17, 15) is 0 Å². The first-order valence-electron chi connectivity index (χ1n) is 30.0. The third-order valence-corrected chi connectivity index (χ3v) is 18.6. The van der Waals surface area contributed by atoms with Crippen molar-refractivity contribution in [2.24, 2.45) is 0 Å². The topological polar surface area (TPSA) is 21.1 Å². The molecule has 0 saturated heterocycles. The van der Waals surface area contributed by atoms with E-state index in [1.807, 2.05) is 12.4 Å². The third-order valence-electron chi connectivity index (χ3n) is 18.6. The van der Waals surface area contributed by atoms with Gasteiger partial charge in [-0.25, -0.2) is 0 Å². The quantitative estimate of drug-likeness (QED) is 0.136. The number of hydrogen-bond donors (Lipinski definition) is 0. The van der Waals surface area contributed by atoms with E-state index in [2.05, 4.69) is 334 Å². The van der Waals surface area contributed by atoms with Gasteiger partial charge in [-0.05, 0) is 156 Å². The van der Waals surface area contributed by atoms with Crippen molar-refractivity contribution in [3.63, 3.8) is 0 Å². The fourth-order valence-electron chi connectivity index (χ4n) is 14.7. The van der Waals surface area contributed by atoms with Crippen LogP contribution in [0.1, 0.15) is 70.8 Å². The van der Waals surface area contributed by atoms with Gasteiger partial charge in [-0.15, -0.1) is 0 Å². The summed E-state index contributed by atoms with van der Waals surface area (Å²) in [7, 11) is 0. The van der Waals surface area contributed by atoms with E-state index >= 15 is 0 Å². The molecule has 16 rings (SSSR count). The van der Waals surface area contributed by atoms with E-state index in [4.69, 9.17) is 4.98 Å². The molecule has 86 heavy (non-hydrogen) atoms. The maximum atomic E-state index is 4.84. The van der Waals surface area contributed by atoms with E-state index in [-0.39, 0.29) is 5.41 Å². The molecule has 0 fully saturated rings. The molecule has 0 amide bonds. The minimum Gasteiger partial charge on any atom is -0.311 e. The summed E-state index contributed by atoms with van der Waals surface area (Å²) in [5.41, 5.74) is 26.6. The molecule has 2 aliphatic carbocycles. The Morgan fingerprint density at radius 3 is 1.07 bits per heavy atom. The van der Waals surface area contributed by atoms with Gasteiger partial charge in [0.1, 0.15) is 0 Å². The molecule has 0 unspecified atom stereocenters. The highest BCUT2D eigenvalue weighted by molar-refractivity contribution is 6.09. The molecule has 2 heterocycles. The van der Waals surface area contributed by atoms with Gasteiger partial charge in [-0.2, -0.15) is 0 Å². The maximum absolute atomic E-state index is 4.84. The van der Waals surface area contributed by atoms with Crippen LogP contribution in [0.4, 0.5) is 17.1 Å². The number of para-hydroxylation sites is 2. The normalized spacial score (nSPS) is 13.5. The Bertz CT molecular complexity index is 4730. The summed E-state index contributed by atoms with van der Waals surface area (Å²) in [4.78, 5) is 7.26. The zero-order valence-corrected chi connectivity index (χ0v) is 48.4. The minimum atomic E-state index is -0.594. The number of benzene rings is 12. The molecule has 0 spiro atoms. The van der Waals surface area contributed by atoms with Gasteiger partial charge >= 0.3 is 0 Å². The maximum Gasteiger partial charge on any atom is 0.0713 e. The zero-order valence-electron chi connectivity index (χ0n) is 48.4. The molecule has 2 aliphatic rings. The molecule has 0 N–H and O–H groups in total. The number of aromatic nitrogens is 2. The average Bonchev–Trinajstić information content (AvgIpc) is 1.79. The van der Waals surface area contributed by atoms with E-state index in [0.717, 1.165) is 45.0 Å². The second-order valence-corrected chi connectivity index (χ2v) is 24.2. The van der Waals surface area contributed by atoms with Gasteiger partial charge < -0.3 is 9.47 Å².